The summed E-state index contributed by atoms with van der Waals surface area (Å²) in [5.41, 5.74) is 0. The first-order valence-corrected chi connectivity index (χ1v) is 31.4. The summed E-state index contributed by atoms with van der Waals surface area (Å²) in [6, 6.07) is 0. The topological polar surface area (TPSA) is 64.1 Å². The Morgan fingerprint density at radius 3 is 0.853 bits per heavy atom. The monoisotopic (exact) mass is 958 g/mol. The second-order valence-electron chi connectivity index (χ2n) is 22.3. The molecule has 1 N–H and O–H groups in total. The molecule has 0 aromatic heterocycles. The maximum absolute atomic E-state index is 13.5. The van der Waals surface area contributed by atoms with Crippen LogP contribution in [-0.4, -0.2) is 83.5 Å². The largest absolute Gasteiger partial charge is 0.393 e. The highest BCUT2D eigenvalue weighted by Crippen LogP contribution is 2.27. The minimum Gasteiger partial charge on any atom is -0.393 e. The standard InChI is InChI=1S/C62H123N3O3/c1-5-9-13-17-21-25-35-43-53-64(54-44-36-26-22-18-14-10-6-2)61(67)47-39-31-29-33-41-51-63(58-59-49-50-60(66)57-59)52-42-34-30-32-40-48-62(68)65(55-45-37-27-23-19-15-11-7-3)56-46-38-28-24-20-16-12-8-4/h59-60,66H,5-58H2,1-4H3/t59-,60+/m1/s1. The summed E-state index contributed by atoms with van der Waals surface area (Å²) in [7, 11) is 0. The average molecular weight is 959 g/mol. The number of rotatable bonds is 54. The molecule has 0 bridgehead atoms. The van der Waals surface area contributed by atoms with Crippen molar-refractivity contribution in [2.75, 3.05) is 45.8 Å². The van der Waals surface area contributed by atoms with Crippen LogP contribution in [0.15, 0.2) is 0 Å². The lowest BCUT2D eigenvalue weighted by Crippen LogP contribution is -2.32. The van der Waals surface area contributed by atoms with Gasteiger partial charge in [-0.15, -0.1) is 0 Å². The van der Waals surface area contributed by atoms with Crippen LogP contribution in [0.25, 0.3) is 0 Å². The quantitative estimate of drug-likeness (QED) is 0.0617. The molecular weight excluding hydrogens is 835 g/mol. The number of carbonyl (C=O) groups excluding carboxylic acids is 2. The SMILES string of the molecule is CCCCCCCCCCN(CCCCCCCCCC)C(=O)CCCCCCCN(CCCCCCCC(=O)N(CCCCCCCCCC)CCCCCCCCCC)C[C@@H]1CC[C@H](O)C1. The smallest absolute Gasteiger partial charge is 0.222 e. The van der Waals surface area contributed by atoms with Crippen LogP contribution in [0.2, 0.25) is 0 Å². The highest BCUT2D eigenvalue weighted by molar-refractivity contribution is 5.76. The van der Waals surface area contributed by atoms with Crippen LogP contribution in [0.4, 0.5) is 0 Å². The molecule has 0 saturated heterocycles. The fourth-order valence-corrected chi connectivity index (χ4v) is 10.9. The van der Waals surface area contributed by atoms with E-state index in [1.165, 1.54) is 276 Å². The van der Waals surface area contributed by atoms with Gasteiger partial charge in [0.15, 0.2) is 0 Å². The van der Waals surface area contributed by atoms with Crippen molar-refractivity contribution in [1.29, 1.82) is 0 Å². The van der Waals surface area contributed by atoms with Crippen molar-refractivity contribution in [1.82, 2.24) is 14.7 Å². The predicted octanol–water partition coefficient (Wildman–Crippen LogP) is 18.4. The fourth-order valence-electron chi connectivity index (χ4n) is 10.9. The molecule has 1 aliphatic carbocycles. The highest BCUT2D eigenvalue weighted by Gasteiger charge is 2.24. The van der Waals surface area contributed by atoms with E-state index in [1.807, 2.05) is 0 Å². The van der Waals surface area contributed by atoms with Crippen molar-refractivity contribution in [2.24, 2.45) is 5.92 Å². The lowest BCUT2D eigenvalue weighted by atomic mass is 10.1. The Balaban J connectivity index is 2.43. The van der Waals surface area contributed by atoms with E-state index < -0.39 is 0 Å². The zero-order valence-electron chi connectivity index (χ0n) is 46.9. The van der Waals surface area contributed by atoms with Crippen LogP contribution < -0.4 is 0 Å². The van der Waals surface area contributed by atoms with Crippen molar-refractivity contribution in [3.63, 3.8) is 0 Å². The minimum absolute atomic E-state index is 0.0969. The number of amides is 2. The third-order valence-electron chi connectivity index (χ3n) is 15.6. The van der Waals surface area contributed by atoms with Gasteiger partial charge in [-0.25, -0.2) is 0 Å². The Labute approximate surface area is 426 Å². The molecule has 68 heavy (non-hydrogen) atoms. The molecule has 1 saturated carbocycles. The third kappa shape index (κ3) is 41.5. The van der Waals surface area contributed by atoms with E-state index in [9.17, 15) is 14.7 Å². The van der Waals surface area contributed by atoms with Gasteiger partial charge in [0.25, 0.3) is 0 Å². The van der Waals surface area contributed by atoms with Crippen molar-refractivity contribution >= 4 is 11.8 Å². The Morgan fingerprint density at radius 1 is 0.338 bits per heavy atom. The summed E-state index contributed by atoms with van der Waals surface area (Å²) < 4.78 is 0. The number of hydrogen-bond donors (Lipinski definition) is 1. The molecule has 2 amide bonds. The molecule has 0 unspecified atom stereocenters. The Morgan fingerprint density at radius 2 is 0.588 bits per heavy atom. The number of carbonyl (C=O) groups is 2. The maximum Gasteiger partial charge on any atom is 0.222 e. The van der Waals surface area contributed by atoms with Crippen LogP contribution in [0, 0.1) is 5.92 Å². The fraction of sp³-hybridized carbons (Fsp3) is 0.968. The predicted molar refractivity (Wildman–Crippen MR) is 299 cm³/mol. The Hall–Kier alpha value is -1.14. The molecule has 0 aromatic rings. The van der Waals surface area contributed by atoms with E-state index in [1.54, 1.807) is 0 Å². The van der Waals surface area contributed by atoms with E-state index in [4.69, 9.17) is 0 Å². The Bertz CT molecular complexity index is 944. The van der Waals surface area contributed by atoms with Gasteiger partial charge in [0.05, 0.1) is 6.10 Å². The van der Waals surface area contributed by atoms with Crippen molar-refractivity contribution in [3.8, 4) is 0 Å². The number of aliphatic hydroxyl groups is 1. The van der Waals surface area contributed by atoms with E-state index in [0.717, 1.165) is 71.2 Å². The summed E-state index contributed by atoms with van der Waals surface area (Å²) >= 11 is 0. The third-order valence-corrected chi connectivity index (χ3v) is 15.6. The first-order valence-electron chi connectivity index (χ1n) is 31.4. The molecule has 0 heterocycles. The van der Waals surface area contributed by atoms with Gasteiger partial charge in [-0.05, 0) is 89.6 Å². The molecule has 0 aromatic carbocycles. The molecular formula is C62H123N3O3. The normalized spacial score (nSPS) is 15.0. The van der Waals surface area contributed by atoms with Gasteiger partial charge in [0.1, 0.15) is 0 Å². The minimum atomic E-state index is -0.0969. The van der Waals surface area contributed by atoms with Gasteiger partial charge in [-0.1, -0.05) is 246 Å². The number of nitrogens with zero attached hydrogens (tertiary/aromatic N) is 3. The average Bonchev–Trinajstić information content (AvgIpc) is 3.76. The zero-order valence-corrected chi connectivity index (χ0v) is 46.9. The molecule has 0 aliphatic heterocycles. The molecule has 404 valence electrons. The van der Waals surface area contributed by atoms with Gasteiger partial charge in [-0.3, -0.25) is 9.59 Å². The van der Waals surface area contributed by atoms with Gasteiger partial charge >= 0.3 is 0 Å². The highest BCUT2D eigenvalue weighted by atomic mass is 16.3. The van der Waals surface area contributed by atoms with Gasteiger partial charge in [0, 0.05) is 45.6 Å². The number of unbranched alkanes of at least 4 members (excludes halogenated alkanes) is 36. The zero-order chi connectivity index (χ0) is 49.2. The van der Waals surface area contributed by atoms with Gasteiger partial charge in [-0.2, -0.15) is 0 Å². The maximum atomic E-state index is 13.5. The second-order valence-corrected chi connectivity index (χ2v) is 22.3. The molecule has 0 radical (unpaired) electrons. The Kier molecular flexibility index (Phi) is 48.5. The number of aliphatic hydroxyl groups excluding tert-OH is 1. The summed E-state index contributed by atoms with van der Waals surface area (Å²) in [6.07, 6.45) is 58.6. The van der Waals surface area contributed by atoms with Crippen molar-refractivity contribution in [3.05, 3.63) is 0 Å². The molecule has 1 fully saturated rings. The van der Waals surface area contributed by atoms with E-state index in [-0.39, 0.29) is 6.10 Å². The first-order chi connectivity index (χ1) is 33.4. The van der Waals surface area contributed by atoms with Crippen LogP contribution in [0.5, 0.6) is 0 Å². The lowest BCUT2D eigenvalue weighted by molar-refractivity contribution is -0.132. The number of hydrogen-bond acceptors (Lipinski definition) is 4. The molecule has 2 atom stereocenters. The van der Waals surface area contributed by atoms with E-state index in [0.29, 0.717) is 17.7 Å². The summed E-state index contributed by atoms with van der Waals surface area (Å²) in [5, 5.41) is 10.3. The van der Waals surface area contributed by atoms with Crippen LogP contribution in [-0.2, 0) is 9.59 Å². The van der Waals surface area contributed by atoms with Gasteiger partial charge in [0.2, 0.25) is 11.8 Å². The first kappa shape index (κ1) is 64.9. The lowest BCUT2D eigenvalue weighted by Gasteiger charge is -2.26. The summed E-state index contributed by atoms with van der Waals surface area (Å²) in [5.74, 6) is 1.47. The summed E-state index contributed by atoms with van der Waals surface area (Å²) in [6.45, 7) is 16.5. The van der Waals surface area contributed by atoms with Crippen molar-refractivity contribution < 1.29 is 14.7 Å². The molecule has 1 aliphatic rings. The second kappa shape index (κ2) is 50.8. The van der Waals surface area contributed by atoms with Crippen LogP contribution in [0.3, 0.4) is 0 Å². The van der Waals surface area contributed by atoms with E-state index >= 15 is 0 Å². The van der Waals surface area contributed by atoms with Crippen LogP contribution in [0.1, 0.15) is 329 Å². The molecule has 0 spiro atoms. The summed E-state index contributed by atoms with van der Waals surface area (Å²) in [4.78, 5) is 34.2. The van der Waals surface area contributed by atoms with E-state index in [2.05, 4.69) is 42.4 Å². The molecule has 6 nitrogen and oxygen atoms in total. The van der Waals surface area contributed by atoms with Gasteiger partial charge < -0.3 is 19.8 Å². The van der Waals surface area contributed by atoms with Crippen molar-refractivity contribution in [2.45, 2.75) is 336 Å². The molecule has 6 heteroatoms. The van der Waals surface area contributed by atoms with Crippen LogP contribution >= 0.6 is 0 Å². The molecule has 1 rings (SSSR count).